The van der Waals surface area contributed by atoms with Crippen molar-refractivity contribution in [3.05, 3.63) is 63.6 Å². The van der Waals surface area contributed by atoms with Gasteiger partial charge in [0, 0.05) is 40.3 Å². The number of rotatable bonds is 8. The Balaban J connectivity index is 1.59. The predicted molar refractivity (Wildman–Crippen MR) is 109 cm³/mol. The first-order chi connectivity index (χ1) is 12.7. The van der Waals surface area contributed by atoms with Crippen molar-refractivity contribution in [3.63, 3.8) is 0 Å². The first-order valence-electron chi connectivity index (χ1n) is 9.26. The molecule has 0 radical (unpaired) electrons. The third-order valence-corrected chi connectivity index (χ3v) is 5.57. The molecule has 2 aromatic rings. The fraction of sp³-hybridized carbons (Fsp3) is 0.429. The Labute approximate surface area is 166 Å². The molecule has 0 amide bonds. The van der Waals surface area contributed by atoms with Crippen molar-refractivity contribution in [2.75, 3.05) is 19.6 Å². The Morgan fingerprint density at radius 2 is 2.00 bits per heavy atom. The minimum atomic E-state index is 0.445. The van der Waals surface area contributed by atoms with Crippen molar-refractivity contribution in [3.8, 4) is 5.75 Å². The molecule has 0 bridgehead atoms. The molecular weight excluding hydrogens is 367 g/mol. The third kappa shape index (κ3) is 5.14. The van der Waals surface area contributed by atoms with E-state index < -0.39 is 0 Å². The summed E-state index contributed by atoms with van der Waals surface area (Å²) in [5, 5.41) is 5.03. The molecular formula is C21H26Cl2N2O. The number of likely N-dealkylation sites (N-methyl/N-ethyl adjacent to an activating group) is 1. The van der Waals surface area contributed by atoms with Crippen LogP contribution in [0.25, 0.3) is 0 Å². The largest absolute Gasteiger partial charge is 0.489 e. The van der Waals surface area contributed by atoms with E-state index in [0.717, 1.165) is 46.6 Å². The minimum Gasteiger partial charge on any atom is -0.489 e. The molecule has 0 unspecified atom stereocenters. The molecule has 0 aromatic heterocycles. The number of nitrogens with zero attached hydrogens (tertiary/aromatic N) is 1. The molecule has 26 heavy (non-hydrogen) atoms. The topological polar surface area (TPSA) is 24.5 Å². The molecule has 0 aliphatic carbocycles. The van der Waals surface area contributed by atoms with E-state index in [4.69, 9.17) is 27.9 Å². The van der Waals surface area contributed by atoms with E-state index in [0.29, 0.717) is 12.6 Å². The summed E-state index contributed by atoms with van der Waals surface area (Å²) < 4.78 is 6.03. The minimum absolute atomic E-state index is 0.445. The SMILES string of the molecule is CCN1CCC[C@@H]1CNCc1cc(Cl)ccc1OCc1ccccc1Cl. The van der Waals surface area contributed by atoms with E-state index in [9.17, 15) is 0 Å². The first kappa shape index (κ1) is 19.5. The molecule has 3 nitrogen and oxygen atoms in total. The van der Waals surface area contributed by atoms with Crippen LogP contribution in [0.3, 0.4) is 0 Å². The molecule has 5 heteroatoms. The molecule has 1 atom stereocenters. The second-order valence-corrected chi connectivity index (χ2v) is 7.53. The van der Waals surface area contributed by atoms with Gasteiger partial charge in [0.2, 0.25) is 0 Å². The van der Waals surface area contributed by atoms with Crippen molar-refractivity contribution < 1.29 is 4.74 Å². The van der Waals surface area contributed by atoms with E-state index in [1.807, 2.05) is 42.5 Å². The number of nitrogens with one attached hydrogen (secondary N) is 1. The summed E-state index contributed by atoms with van der Waals surface area (Å²) in [5.41, 5.74) is 2.05. The number of halogens is 2. The van der Waals surface area contributed by atoms with Gasteiger partial charge in [0.05, 0.1) is 0 Å². The van der Waals surface area contributed by atoms with Crippen LogP contribution in [0.2, 0.25) is 10.0 Å². The Morgan fingerprint density at radius 3 is 2.81 bits per heavy atom. The van der Waals surface area contributed by atoms with E-state index in [-0.39, 0.29) is 0 Å². The second-order valence-electron chi connectivity index (χ2n) is 6.69. The van der Waals surface area contributed by atoms with Crippen molar-refractivity contribution in [2.45, 2.75) is 39.0 Å². The van der Waals surface area contributed by atoms with E-state index in [1.54, 1.807) is 0 Å². The molecule has 3 rings (SSSR count). The van der Waals surface area contributed by atoms with Crippen LogP contribution in [-0.2, 0) is 13.2 Å². The maximum atomic E-state index is 6.22. The van der Waals surface area contributed by atoms with Crippen LogP contribution in [0.5, 0.6) is 5.75 Å². The Hall–Kier alpha value is -1.26. The summed E-state index contributed by atoms with van der Waals surface area (Å²) in [5.74, 6) is 0.848. The Bertz CT molecular complexity index is 723. The first-order valence-corrected chi connectivity index (χ1v) is 10.0. The molecule has 0 spiro atoms. The van der Waals surface area contributed by atoms with Crippen LogP contribution in [0, 0.1) is 0 Å². The average Bonchev–Trinajstić information content (AvgIpc) is 3.10. The smallest absolute Gasteiger partial charge is 0.124 e. The van der Waals surface area contributed by atoms with Crippen molar-refractivity contribution in [1.82, 2.24) is 10.2 Å². The number of benzene rings is 2. The molecule has 1 fully saturated rings. The number of ether oxygens (including phenoxy) is 1. The lowest BCUT2D eigenvalue weighted by Gasteiger charge is -2.23. The van der Waals surface area contributed by atoms with E-state index in [2.05, 4.69) is 17.1 Å². The van der Waals surface area contributed by atoms with Crippen LogP contribution in [-0.4, -0.2) is 30.6 Å². The zero-order valence-electron chi connectivity index (χ0n) is 15.2. The predicted octanol–water partition coefficient (Wildman–Crippen LogP) is 5.15. The monoisotopic (exact) mass is 392 g/mol. The second kappa shape index (κ2) is 9.61. The zero-order chi connectivity index (χ0) is 18.4. The van der Waals surface area contributed by atoms with Crippen LogP contribution >= 0.6 is 23.2 Å². The van der Waals surface area contributed by atoms with Gasteiger partial charge in [0.1, 0.15) is 12.4 Å². The third-order valence-electron chi connectivity index (χ3n) is 4.96. The Kier molecular flexibility index (Phi) is 7.21. The molecule has 1 aliphatic rings. The zero-order valence-corrected chi connectivity index (χ0v) is 16.7. The lowest BCUT2D eigenvalue weighted by atomic mass is 10.1. The van der Waals surface area contributed by atoms with Crippen LogP contribution in [0.1, 0.15) is 30.9 Å². The van der Waals surface area contributed by atoms with Crippen LogP contribution in [0.4, 0.5) is 0 Å². The summed E-state index contributed by atoms with van der Waals surface area (Å²) >= 11 is 12.4. The van der Waals surface area contributed by atoms with Gasteiger partial charge in [-0.2, -0.15) is 0 Å². The lowest BCUT2D eigenvalue weighted by Crippen LogP contribution is -2.37. The van der Waals surface area contributed by atoms with Gasteiger partial charge < -0.3 is 10.1 Å². The fourth-order valence-corrected chi connectivity index (χ4v) is 3.90. The highest BCUT2D eigenvalue weighted by atomic mass is 35.5. The number of hydrogen-bond acceptors (Lipinski definition) is 3. The van der Waals surface area contributed by atoms with Gasteiger partial charge >= 0.3 is 0 Å². The highest BCUT2D eigenvalue weighted by Gasteiger charge is 2.22. The Morgan fingerprint density at radius 1 is 1.15 bits per heavy atom. The molecule has 0 saturated carbocycles. The van der Waals surface area contributed by atoms with Crippen molar-refractivity contribution in [2.24, 2.45) is 0 Å². The summed E-state index contributed by atoms with van der Waals surface area (Å²) in [6, 6.07) is 14.2. The van der Waals surface area contributed by atoms with E-state index >= 15 is 0 Å². The van der Waals surface area contributed by atoms with Gasteiger partial charge in [-0.3, -0.25) is 4.90 Å². The van der Waals surface area contributed by atoms with Gasteiger partial charge in [-0.1, -0.05) is 48.3 Å². The average molecular weight is 393 g/mol. The highest BCUT2D eigenvalue weighted by Crippen LogP contribution is 2.25. The van der Waals surface area contributed by atoms with Gasteiger partial charge in [-0.05, 0) is 50.2 Å². The molecule has 1 aliphatic heterocycles. The van der Waals surface area contributed by atoms with Gasteiger partial charge in [-0.25, -0.2) is 0 Å². The van der Waals surface area contributed by atoms with Gasteiger partial charge in [0.25, 0.3) is 0 Å². The van der Waals surface area contributed by atoms with Gasteiger partial charge in [-0.15, -0.1) is 0 Å². The lowest BCUT2D eigenvalue weighted by molar-refractivity contribution is 0.259. The normalized spacial score (nSPS) is 17.6. The molecule has 1 heterocycles. The van der Waals surface area contributed by atoms with Crippen LogP contribution in [0.15, 0.2) is 42.5 Å². The summed E-state index contributed by atoms with van der Waals surface area (Å²) in [7, 11) is 0. The molecule has 140 valence electrons. The van der Waals surface area contributed by atoms with E-state index in [1.165, 1.54) is 19.4 Å². The quantitative estimate of drug-likeness (QED) is 0.672. The molecule has 2 aromatic carbocycles. The highest BCUT2D eigenvalue weighted by molar-refractivity contribution is 6.31. The summed E-state index contributed by atoms with van der Waals surface area (Å²) in [6.45, 7) is 6.75. The maximum absolute atomic E-state index is 6.22. The fourth-order valence-electron chi connectivity index (χ4n) is 3.51. The van der Waals surface area contributed by atoms with Crippen molar-refractivity contribution in [1.29, 1.82) is 0 Å². The molecule has 1 N–H and O–H groups in total. The van der Waals surface area contributed by atoms with Crippen molar-refractivity contribution >= 4 is 23.2 Å². The standard InChI is InChI=1S/C21H26Cl2N2O/c1-2-25-11-5-7-19(25)14-24-13-17-12-18(22)9-10-21(17)26-15-16-6-3-4-8-20(16)23/h3-4,6,8-10,12,19,24H,2,5,7,11,13-15H2,1H3/t19-/m1/s1. The number of hydrogen-bond donors (Lipinski definition) is 1. The summed E-state index contributed by atoms with van der Waals surface area (Å²) in [4.78, 5) is 2.54. The number of likely N-dealkylation sites (tertiary alicyclic amines) is 1. The maximum Gasteiger partial charge on any atom is 0.124 e. The van der Waals surface area contributed by atoms with Crippen LogP contribution < -0.4 is 10.1 Å². The molecule has 1 saturated heterocycles. The van der Waals surface area contributed by atoms with Gasteiger partial charge in [0.15, 0.2) is 0 Å². The summed E-state index contributed by atoms with van der Waals surface area (Å²) in [6.07, 6.45) is 2.57.